The maximum absolute atomic E-state index is 5.83. The smallest absolute Gasteiger partial charge is 0.191 e. The topological polar surface area (TPSA) is 41.6 Å². The largest absolute Gasteiger partial charge is 0.370 e. The SMILES string of the molecule is CCN(C)C(N)=NC1CCCCC1. The summed E-state index contributed by atoms with van der Waals surface area (Å²) in [5.74, 6) is 0.703. The highest BCUT2D eigenvalue weighted by Crippen LogP contribution is 2.20. The second-order valence-electron chi connectivity index (χ2n) is 3.79. The lowest BCUT2D eigenvalue weighted by molar-refractivity contribution is 0.433. The van der Waals surface area contributed by atoms with E-state index in [9.17, 15) is 0 Å². The molecule has 76 valence electrons. The zero-order chi connectivity index (χ0) is 9.68. The lowest BCUT2D eigenvalue weighted by Crippen LogP contribution is -2.35. The first kappa shape index (κ1) is 10.4. The summed E-state index contributed by atoms with van der Waals surface area (Å²) in [7, 11) is 1.99. The zero-order valence-corrected chi connectivity index (χ0v) is 8.79. The molecule has 0 amide bonds. The van der Waals surface area contributed by atoms with E-state index in [1.165, 1.54) is 32.1 Å². The van der Waals surface area contributed by atoms with Gasteiger partial charge in [-0.3, -0.25) is 0 Å². The summed E-state index contributed by atoms with van der Waals surface area (Å²) in [4.78, 5) is 6.52. The number of nitrogens with two attached hydrogens (primary N) is 1. The monoisotopic (exact) mass is 183 g/mol. The lowest BCUT2D eigenvalue weighted by Gasteiger charge is -2.21. The Morgan fingerprint density at radius 1 is 1.38 bits per heavy atom. The van der Waals surface area contributed by atoms with Crippen LogP contribution in [0.1, 0.15) is 39.0 Å². The summed E-state index contributed by atoms with van der Waals surface area (Å²) < 4.78 is 0. The van der Waals surface area contributed by atoms with Crippen molar-refractivity contribution in [3.05, 3.63) is 0 Å². The van der Waals surface area contributed by atoms with Crippen LogP contribution < -0.4 is 5.73 Å². The van der Waals surface area contributed by atoms with Crippen molar-refractivity contribution in [2.45, 2.75) is 45.1 Å². The third-order valence-corrected chi connectivity index (χ3v) is 2.75. The van der Waals surface area contributed by atoms with E-state index in [-0.39, 0.29) is 0 Å². The Kier molecular flexibility index (Phi) is 4.06. The van der Waals surface area contributed by atoms with Gasteiger partial charge in [-0.1, -0.05) is 19.3 Å². The van der Waals surface area contributed by atoms with Gasteiger partial charge in [0.25, 0.3) is 0 Å². The lowest BCUT2D eigenvalue weighted by atomic mass is 9.96. The molecule has 1 saturated carbocycles. The van der Waals surface area contributed by atoms with Crippen molar-refractivity contribution in [1.29, 1.82) is 0 Å². The fourth-order valence-electron chi connectivity index (χ4n) is 1.66. The number of hydrogen-bond donors (Lipinski definition) is 1. The van der Waals surface area contributed by atoms with Crippen LogP contribution in [0, 0.1) is 0 Å². The van der Waals surface area contributed by atoms with Gasteiger partial charge in [0.1, 0.15) is 0 Å². The average Bonchev–Trinajstić information content (AvgIpc) is 2.18. The number of aliphatic imine (C=N–C) groups is 1. The third kappa shape index (κ3) is 3.25. The molecule has 0 saturated heterocycles. The zero-order valence-electron chi connectivity index (χ0n) is 8.79. The molecule has 0 aromatic carbocycles. The van der Waals surface area contributed by atoms with E-state index in [0.29, 0.717) is 12.0 Å². The minimum Gasteiger partial charge on any atom is -0.370 e. The Bertz CT molecular complexity index is 171. The molecule has 0 radical (unpaired) electrons. The average molecular weight is 183 g/mol. The summed E-state index contributed by atoms with van der Waals surface area (Å²) in [5.41, 5.74) is 5.83. The minimum absolute atomic E-state index is 0.489. The Morgan fingerprint density at radius 3 is 2.54 bits per heavy atom. The van der Waals surface area contributed by atoms with Gasteiger partial charge in [-0.05, 0) is 19.8 Å². The highest BCUT2D eigenvalue weighted by atomic mass is 15.2. The number of guanidine groups is 1. The van der Waals surface area contributed by atoms with Gasteiger partial charge >= 0.3 is 0 Å². The molecule has 1 rings (SSSR count). The van der Waals surface area contributed by atoms with Crippen molar-refractivity contribution in [2.24, 2.45) is 10.7 Å². The van der Waals surface area contributed by atoms with Gasteiger partial charge in [-0.2, -0.15) is 0 Å². The molecular weight excluding hydrogens is 162 g/mol. The highest BCUT2D eigenvalue weighted by molar-refractivity contribution is 5.77. The van der Waals surface area contributed by atoms with Crippen LogP contribution >= 0.6 is 0 Å². The van der Waals surface area contributed by atoms with Crippen LogP contribution in [0.2, 0.25) is 0 Å². The van der Waals surface area contributed by atoms with Crippen LogP contribution in [0.15, 0.2) is 4.99 Å². The van der Waals surface area contributed by atoms with Gasteiger partial charge < -0.3 is 10.6 Å². The van der Waals surface area contributed by atoms with E-state index in [4.69, 9.17) is 5.73 Å². The summed E-state index contributed by atoms with van der Waals surface area (Å²) in [6, 6.07) is 0.489. The molecule has 1 aliphatic rings. The van der Waals surface area contributed by atoms with E-state index in [1.54, 1.807) is 0 Å². The Morgan fingerprint density at radius 2 is 2.00 bits per heavy atom. The van der Waals surface area contributed by atoms with Crippen molar-refractivity contribution >= 4 is 5.96 Å². The normalized spacial score (nSPS) is 20.3. The molecule has 0 atom stereocenters. The molecule has 0 unspecified atom stereocenters. The number of rotatable bonds is 2. The molecule has 13 heavy (non-hydrogen) atoms. The number of hydrogen-bond acceptors (Lipinski definition) is 1. The fraction of sp³-hybridized carbons (Fsp3) is 0.900. The molecule has 0 heterocycles. The second-order valence-corrected chi connectivity index (χ2v) is 3.79. The van der Waals surface area contributed by atoms with Gasteiger partial charge in [0, 0.05) is 13.6 Å². The predicted octanol–water partition coefficient (Wildman–Crippen LogP) is 1.59. The third-order valence-electron chi connectivity index (χ3n) is 2.75. The molecule has 3 heteroatoms. The molecule has 3 nitrogen and oxygen atoms in total. The number of nitrogens with zero attached hydrogens (tertiary/aromatic N) is 2. The Hall–Kier alpha value is -0.730. The van der Waals surface area contributed by atoms with Gasteiger partial charge in [-0.25, -0.2) is 4.99 Å². The first-order valence-electron chi connectivity index (χ1n) is 5.28. The van der Waals surface area contributed by atoms with E-state index >= 15 is 0 Å². The quantitative estimate of drug-likeness (QED) is 0.521. The van der Waals surface area contributed by atoms with Crippen LogP contribution in [0.3, 0.4) is 0 Å². The molecule has 0 spiro atoms. The van der Waals surface area contributed by atoms with Crippen LogP contribution in [-0.4, -0.2) is 30.5 Å². The molecular formula is C10H21N3. The highest BCUT2D eigenvalue weighted by Gasteiger charge is 2.12. The van der Waals surface area contributed by atoms with Crippen LogP contribution in [0.25, 0.3) is 0 Å². The van der Waals surface area contributed by atoms with Crippen molar-refractivity contribution < 1.29 is 0 Å². The first-order valence-corrected chi connectivity index (χ1v) is 5.28. The summed E-state index contributed by atoms with van der Waals surface area (Å²) in [6.45, 7) is 3.02. The van der Waals surface area contributed by atoms with Crippen molar-refractivity contribution in [3.63, 3.8) is 0 Å². The van der Waals surface area contributed by atoms with Crippen molar-refractivity contribution in [1.82, 2.24) is 4.90 Å². The van der Waals surface area contributed by atoms with Gasteiger partial charge in [0.15, 0.2) is 5.96 Å². The fourth-order valence-corrected chi connectivity index (χ4v) is 1.66. The summed E-state index contributed by atoms with van der Waals surface area (Å²) >= 11 is 0. The maximum Gasteiger partial charge on any atom is 0.191 e. The molecule has 1 fully saturated rings. The van der Waals surface area contributed by atoms with Crippen molar-refractivity contribution in [3.8, 4) is 0 Å². The van der Waals surface area contributed by atoms with Crippen molar-refractivity contribution in [2.75, 3.05) is 13.6 Å². The summed E-state index contributed by atoms with van der Waals surface area (Å²) in [5, 5.41) is 0. The predicted molar refractivity (Wildman–Crippen MR) is 56.8 cm³/mol. The van der Waals surface area contributed by atoms with E-state index < -0.39 is 0 Å². The molecule has 0 aliphatic heterocycles. The second kappa shape index (κ2) is 5.10. The molecule has 1 aliphatic carbocycles. The minimum atomic E-state index is 0.489. The Balaban J connectivity index is 2.42. The first-order chi connectivity index (χ1) is 6.24. The van der Waals surface area contributed by atoms with E-state index in [0.717, 1.165) is 6.54 Å². The van der Waals surface area contributed by atoms with Gasteiger partial charge in [0.05, 0.1) is 6.04 Å². The molecule has 0 aromatic rings. The summed E-state index contributed by atoms with van der Waals surface area (Å²) in [6.07, 6.45) is 6.45. The van der Waals surface area contributed by atoms with Crippen LogP contribution in [0.4, 0.5) is 0 Å². The molecule has 2 N–H and O–H groups in total. The molecule has 0 aromatic heterocycles. The van der Waals surface area contributed by atoms with E-state index in [2.05, 4.69) is 11.9 Å². The van der Waals surface area contributed by atoms with E-state index in [1.807, 2.05) is 11.9 Å². The standard InChI is InChI=1S/C10H21N3/c1-3-13(2)10(11)12-9-7-5-4-6-8-9/h9H,3-8H2,1-2H3,(H2,11,12). The van der Waals surface area contributed by atoms with Gasteiger partial charge in [0.2, 0.25) is 0 Å². The molecule has 0 bridgehead atoms. The van der Waals surface area contributed by atoms with Gasteiger partial charge in [-0.15, -0.1) is 0 Å². The Labute approximate surface area is 81.0 Å². The van der Waals surface area contributed by atoms with Crippen LogP contribution in [-0.2, 0) is 0 Å². The van der Waals surface area contributed by atoms with Crippen LogP contribution in [0.5, 0.6) is 0 Å². The maximum atomic E-state index is 5.83.